The molecule has 1 aliphatic heterocycles. The van der Waals surface area contributed by atoms with Crippen molar-refractivity contribution in [2.45, 2.75) is 18.4 Å². The number of amides is 1. The van der Waals surface area contributed by atoms with Gasteiger partial charge in [-0.1, -0.05) is 48.0 Å². The van der Waals surface area contributed by atoms with Crippen LogP contribution < -0.4 is 11.1 Å². The number of anilines is 1. The first-order valence-corrected chi connectivity index (χ1v) is 8.14. The zero-order chi connectivity index (χ0) is 16.0. The minimum absolute atomic E-state index is 0.113. The molecule has 2 aromatic rings. The molecule has 3 nitrogen and oxygen atoms in total. The van der Waals surface area contributed by atoms with Crippen LogP contribution in [0.3, 0.4) is 0 Å². The Morgan fingerprint density at radius 2 is 2.04 bits per heavy atom. The van der Waals surface area contributed by atoms with Gasteiger partial charge in [0.15, 0.2) is 0 Å². The molecule has 0 radical (unpaired) electrons. The number of para-hydroxylation sites is 1. The van der Waals surface area contributed by atoms with E-state index >= 15 is 0 Å². The molecule has 3 atom stereocenters. The van der Waals surface area contributed by atoms with E-state index < -0.39 is 5.91 Å². The van der Waals surface area contributed by atoms with Gasteiger partial charge in [0.05, 0.1) is 17.3 Å². The van der Waals surface area contributed by atoms with Crippen LogP contribution in [0.4, 0.5) is 5.69 Å². The second kappa shape index (κ2) is 5.43. The zero-order valence-corrected chi connectivity index (χ0v) is 13.3. The number of hydrogen-bond acceptors (Lipinski definition) is 2. The Bertz CT molecular complexity index is 815. The summed E-state index contributed by atoms with van der Waals surface area (Å²) in [4.78, 5) is 11.8. The molecule has 1 aliphatic carbocycles. The van der Waals surface area contributed by atoms with E-state index in [2.05, 4.69) is 29.6 Å². The second-order valence-electron chi connectivity index (χ2n) is 6.16. The number of benzene rings is 2. The van der Waals surface area contributed by atoms with Gasteiger partial charge in [-0.2, -0.15) is 0 Å². The lowest BCUT2D eigenvalue weighted by atomic mass is 9.76. The normalized spacial score (nSPS) is 24.7. The average Bonchev–Trinajstić information content (AvgIpc) is 3.03. The number of fused-ring (bicyclic) bond motifs is 3. The van der Waals surface area contributed by atoms with E-state index in [0.717, 1.165) is 28.3 Å². The predicted molar refractivity (Wildman–Crippen MR) is 92.8 cm³/mol. The van der Waals surface area contributed by atoms with Gasteiger partial charge < -0.3 is 11.1 Å². The highest BCUT2D eigenvalue weighted by atomic mass is 35.5. The Morgan fingerprint density at radius 3 is 2.83 bits per heavy atom. The van der Waals surface area contributed by atoms with Crippen molar-refractivity contribution in [2.75, 3.05) is 5.32 Å². The zero-order valence-electron chi connectivity index (χ0n) is 12.5. The van der Waals surface area contributed by atoms with E-state index in [1.807, 2.05) is 24.3 Å². The number of hydrogen-bond donors (Lipinski definition) is 2. The topological polar surface area (TPSA) is 55.1 Å². The molecule has 0 aromatic heterocycles. The van der Waals surface area contributed by atoms with Gasteiger partial charge in [0.25, 0.3) is 5.91 Å². The molecule has 2 aliphatic rings. The van der Waals surface area contributed by atoms with Crippen molar-refractivity contribution in [2.24, 2.45) is 11.7 Å². The van der Waals surface area contributed by atoms with Crippen LogP contribution in [0.2, 0.25) is 5.02 Å². The maximum absolute atomic E-state index is 11.8. The molecule has 0 fully saturated rings. The lowest BCUT2D eigenvalue weighted by Gasteiger charge is -2.38. The first-order chi connectivity index (χ1) is 11.1. The fourth-order valence-electron chi connectivity index (χ4n) is 3.86. The first kappa shape index (κ1) is 14.3. The summed E-state index contributed by atoms with van der Waals surface area (Å²) in [5.74, 6) is 0.318. The molecule has 0 spiro atoms. The summed E-state index contributed by atoms with van der Waals surface area (Å²) in [7, 11) is 0. The quantitative estimate of drug-likeness (QED) is 0.811. The van der Waals surface area contributed by atoms with Crippen molar-refractivity contribution < 1.29 is 4.79 Å². The minimum atomic E-state index is -0.403. The Balaban J connectivity index is 1.85. The van der Waals surface area contributed by atoms with Crippen molar-refractivity contribution in [1.29, 1.82) is 0 Å². The highest BCUT2D eigenvalue weighted by molar-refractivity contribution is 6.30. The third kappa shape index (κ3) is 2.32. The lowest BCUT2D eigenvalue weighted by molar-refractivity contribution is 0.100. The highest BCUT2D eigenvalue weighted by Crippen LogP contribution is 2.50. The summed E-state index contributed by atoms with van der Waals surface area (Å²) in [6.45, 7) is 0. The van der Waals surface area contributed by atoms with Crippen LogP contribution in [0, 0.1) is 5.92 Å². The fourth-order valence-corrected chi connectivity index (χ4v) is 4.06. The van der Waals surface area contributed by atoms with Crippen LogP contribution in [0.15, 0.2) is 54.6 Å². The third-order valence-electron chi connectivity index (χ3n) is 4.87. The molecule has 4 heteroatoms. The Morgan fingerprint density at radius 1 is 1.22 bits per heavy atom. The van der Waals surface area contributed by atoms with E-state index in [-0.39, 0.29) is 6.04 Å². The number of primary amides is 1. The monoisotopic (exact) mass is 324 g/mol. The maximum Gasteiger partial charge on any atom is 0.250 e. The summed E-state index contributed by atoms with van der Waals surface area (Å²) < 4.78 is 0. The number of nitrogens with two attached hydrogens (primary N) is 1. The summed E-state index contributed by atoms with van der Waals surface area (Å²) in [5.41, 5.74) is 9.26. The van der Waals surface area contributed by atoms with E-state index in [4.69, 9.17) is 17.3 Å². The number of rotatable bonds is 2. The molecule has 0 bridgehead atoms. The molecule has 116 valence electrons. The van der Waals surface area contributed by atoms with Gasteiger partial charge in [0, 0.05) is 10.9 Å². The van der Waals surface area contributed by atoms with Crippen LogP contribution in [-0.2, 0) is 0 Å². The molecule has 23 heavy (non-hydrogen) atoms. The molecule has 4 rings (SSSR count). The standard InChI is InChI=1S/C19H17ClN2O/c20-12-5-1-4-11(10-12)17-14-7-2-6-13(14)15-8-3-9-16(19(21)23)18(15)22-17/h1-6,8-10,13-14,17,22H,7H2,(H2,21,23). The van der Waals surface area contributed by atoms with Crippen LogP contribution in [0.5, 0.6) is 0 Å². The van der Waals surface area contributed by atoms with E-state index in [9.17, 15) is 4.79 Å². The third-order valence-corrected chi connectivity index (χ3v) is 5.11. The second-order valence-corrected chi connectivity index (χ2v) is 6.60. The largest absolute Gasteiger partial charge is 0.377 e. The van der Waals surface area contributed by atoms with Crippen molar-refractivity contribution in [3.05, 3.63) is 76.3 Å². The van der Waals surface area contributed by atoms with Gasteiger partial charge in [0.1, 0.15) is 0 Å². The van der Waals surface area contributed by atoms with Gasteiger partial charge in [0.2, 0.25) is 0 Å². The van der Waals surface area contributed by atoms with Crippen LogP contribution >= 0.6 is 11.6 Å². The van der Waals surface area contributed by atoms with Crippen molar-refractivity contribution in [1.82, 2.24) is 0 Å². The van der Waals surface area contributed by atoms with E-state index in [1.165, 1.54) is 0 Å². The molecule has 3 N–H and O–H groups in total. The number of carbonyl (C=O) groups is 1. The van der Waals surface area contributed by atoms with Gasteiger partial charge in [-0.25, -0.2) is 0 Å². The maximum atomic E-state index is 11.8. The molecule has 2 aromatic carbocycles. The molecular formula is C19H17ClN2O. The smallest absolute Gasteiger partial charge is 0.250 e. The molecule has 0 saturated carbocycles. The number of allylic oxidation sites excluding steroid dienone is 2. The minimum Gasteiger partial charge on any atom is -0.377 e. The van der Waals surface area contributed by atoms with E-state index in [1.54, 1.807) is 6.07 Å². The summed E-state index contributed by atoms with van der Waals surface area (Å²) >= 11 is 6.17. The summed E-state index contributed by atoms with van der Waals surface area (Å²) in [6, 6.07) is 13.8. The fraction of sp³-hybridized carbons (Fsp3) is 0.211. The summed E-state index contributed by atoms with van der Waals surface area (Å²) in [5, 5.41) is 4.29. The van der Waals surface area contributed by atoms with Gasteiger partial charge >= 0.3 is 0 Å². The Labute approximate surface area is 140 Å². The first-order valence-electron chi connectivity index (χ1n) is 7.76. The van der Waals surface area contributed by atoms with Gasteiger partial charge in [-0.05, 0) is 41.7 Å². The lowest BCUT2D eigenvalue weighted by Crippen LogP contribution is -2.31. The number of nitrogens with one attached hydrogen (secondary N) is 1. The molecule has 0 saturated heterocycles. The number of halogens is 1. The molecule has 1 amide bonds. The highest BCUT2D eigenvalue weighted by Gasteiger charge is 2.39. The van der Waals surface area contributed by atoms with Crippen molar-refractivity contribution in [3.8, 4) is 0 Å². The predicted octanol–water partition coefficient (Wildman–Crippen LogP) is 4.27. The average molecular weight is 325 g/mol. The number of carbonyl (C=O) groups excluding carboxylic acids is 1. The Kier molecular flexibility index (Phi) is 3.38. The van der Waals surface area contributed by atoms with E-state index in [0.29, 0.717) is 17.4 Å². The molecular weight excluding hydrogens is 308 g/mol. The van der Waals surface area contributed by atoms with Gasteiger partial charge in [-0.3, -0.25) is 4.79 Å². The van der Waals surface area contributed by atoms with Crippen LogP contribution in [0.1, 0.15) is 39.9 Å². The summed E-state index contributed by atoms with van der Waals surface area (Å²) in [6.07, 6.45) is 5.47. The van der Waals surface area contributed by atoms with Crippen LogP contribution in [0.25, 0.3) is 0 Å². The molecule has 3 unspecified atom stereocenters. The van der Waals surface area contributed by atoms with Crippen LogP contribution in [-0.4, -0.2) is 5.91 Å². The van der Waals surface area contributed by atoms with Gasteiger partial charge in [-0.15, -0.1) is 0 Å². The van der Waals surface area contributed by atoms with Crippen molar-refractivity contribution in [3.63, 3.8) is 0 Å². The SMILES string of the molecule is NC(=O)c1cccc2c1NC(c1cccc(Cl)c1)C1CC=CC21. The molecule has 1 heterocycles. The Hall–Kier alpha value is -2.26. The van der Waals surface area contributed by atoms with Crippen molar-refractivity contribution >= 4 is 23.2 Å².